The lowest BCUT2D eigenvalue weighted by molar-refractivity contribution is -0.120. The molecule has 0 saturated carbocycles. The molecule has 4 heteroatoms. The molecule has 1 heterocycles. The highest BCUT2D eigenvalue weighted by molar-refractivity contribution is 5.78. The van der Waals surface area contributed by atoms with E-state index in [2.05, 4.69) is 5.32 Å². The molecule has 1 aromatic rings. The first-order valence-electron chi connectivity index (χ1n) is 6.74. The van der Waals surface area contributed by atoms with E-state index in [1.807, 2.05) is 6.92 Å². The number of halogens is 1. The molecule has 0 aliphatic carbocycles. The fraction of sp³-hybridized carbons (Fsp3) is 0.533. The monoisotopic (exact) mass is 265 g/mol. The topological polar surface area (TPSA) is 38.3 Å². The van der Waals surface area contributed by atoms with Crippen LogP contribution in [0.5, 0.6) is 0 Å². The van der Waals surface area contributed by atoms with Crippen LogP contribution in [-0.4, -0.2) is 25.7 Å². The van der Waals surface area contributed by atoms with Crippen molar-refractivity contribution in [1.82, 2.24) is 5.32 Å². The summed E-state index contributed by atoms with van der Waals surface area (Å²) < 4.78 is 18.2. The Morgan fingerprint density at radius 2 is 2.37 bits per heavy atom. The van der Waals surface area contributed by atoms with Gasteiger partial charge in [-0.25, -0.2) is 4.39 Å². The summed E-state index contributed by atoms with van der Waals surface area (Å²) >= 11 is 0. The molecule has 0 spiro atoms. The normalized spacial score (nSPS) is 18.5. The van der Waals surface area contributed by atoms with Gasteiger partial charge in [-0.05, 0) is 48.9 Å². The zero-order valence-electron chi connectivity index (χ0n) is 11.2. The summed E-state index contributed by atoms with van der Waals surface area (Å²) in [5.74, 6) is 0.310. The van der Waals surface area contributed by atoms with Gasteiger partial charge in [0.15, 0.2) is 0 Å². The number of nitrogens with one attached hydrogen (secondary N) is 1. The molecular formula is C15H20FNO2. The van der Waals surface area contributed by atoms with Gasteiger partial charge in [0.2, 0.25) is 5.91 Å². The van der Waals surface area contributed by atoms with E-state index in [1.54, 1.807) is 6.07 Å². The van der Waals surface area contributed by atoms with Crippen LogP contribution in [0.2, 0.25) is 0 Å². The van der Waals surface area contributed by atoms with Gasteiger partial charge in [0.05, 0.1) is 6.42 Å². The first-order valence-corrected chi connectivity index (χ1v) is 6.74. The number of carbonyl (C=O) groups is 1. The van der Waals surface area contributed by atoms with E-state index in [1.165, 1.54) is 12.1 Å². The lowest BCUT2D eigenvalue weighted by atomic mass is 10.0. The quantitative estimate of drug-likeness (QED) is 0.886. The molecule has 104 valence electrons. The van der Waals surface area contributed by atoms with Crippen LogP contribution < -0.4 is 5.32 Å². The average Bonchev–Trinajstić information content (AvgIpc) is 2.86. The first kappa shape index (κ1) is 14.0. The van der Waals surface area contributed by atoms with Crippen molar-refractivity contribution in [3.63, 3.8) is 0 Å². The fourth-order valence-corrected chi connectivity index (χ4v) is 2.32. The number of hydrogen-bond acceptors (Lipinski definition) is 2. The Bertz CT molecular complexity index is 442. The number of rotatable bonds is 5. The molecule has 3 nitrogen and oxygen atoms in total. The van der Waals surface area contributed by atoms with Crippen molar-refractivity contribution in [3.8, 4) is 0 Å². The predicted octanol–water partition coefficient (Wildman–Crippen LogP) is 2.22. The Morgan fingerprint density at radius 3 is 3.05 bits per heavy atom. The third kappa shape index (κ3) is 4.31. The molecule has 19 heavy (non-hydrogen) atoms. The zero-order chi connectivity index (χ0) is 13.7. The highest BCUT2D eigenvalue weighted by Gasteiger charge is 2.15. The summed E-state index contributed by atoms with van der Waals surface area (Å²) in [6, 6.07) is 4.53. The summed E-state index contributed by atoms with van der Waals surface area (Å²) in [4.78, 5) is 11.8. The summed E-state index contributed by atoms with van der Waals surface area (Å²) in [5.41, 5.74) is 1.70. The Balaban J connectivity index is 1.74. The van der Waals surface area contributed by atoms with Crippen molar-refractivity contribution in [3.05, 3.63) is 35.1 Å². The van der Waals surface area contributed by atoms with E-state index >= 15 is 0 Å². The SMILES string of the molecule is Cc1cc(F)ccc1CC(=O)NCCC1CCOC1. The van der Waals surface area contributed by atoms with Crippen LogP contribution in [0.3, 0.4) is 0 Å². The Hall–Kier alpha value is -1.42. The Morgan fingerprint density at radius 1 is 1.53 bits per heavy atom. The molecule has 1 fully saturated rings. The van der Waals surface area contributed by atoms with Crippen molar-refractivity contribution in [1.29, 1.82) is 0 Å². The summed E-state index contributed by atoms with van der Waals surface area (Å²) in [7, 11) is 0. The van der Waals surface area contributed by atoms with Crippen LogP contribution in [-0.2, 0) is 16.0 Å². The molecule has 0 radical (unpaired) electrons. The molecule has 1 aromatic carbocycles. The van der Waals surface area contributed by atoms with Gasteiger partial charge in [0, 0.05) is 19.8 Å². The van der Waals surface area contributed by atoms with E-state index in [9.17, 15) is 9.18 Å². The highest BCUT2D eigenvalue weighted by Crippen LogP contribution is 2.15. The van der Waals surface area contributed by atoms with E-state index in [-0.39, 0.29) is 11.7 Å². The standard InChI is InChI=1S/C15H20FNO2/c1-11-8-14(16)3-2-13(11)9-15(18)17-6-4-12-5-7-19-10-12/h2-3,8,12H,4-7,9-10H2,1H3,(H,17,18). The lowest BCUT2D eigenvalue weighted by Gasteiger charge is -2.10. The molecule has 0 aromatic heterocycles. The molecule has 1 saturated heterocycles. The molecular weight excluding hydrogens is 245 g/mol. The minimum absolute atomic E-state index is 0.00590. The smallest absolute Gasteiger partial charge is 0.224 e. The van der Waals surface area contributed by atoms with Crippen molar-refractivity contribution >= 4 is 5.91 Å². The molecule has 1 N–H and O–H groups in total. The van der Waals surface area contributed by atoms with Crippen LogP contribution in [0, 0.1) is 18.7 Å². The summed E-state index contributed by atoms with van der Waals surface area (Å²) in [5, 5.41) is 2.91. The second kappa shape index (κ2) is 6.66. The fourth-order valence-electron chi connectivity index (χ4n) is 2.32. The van der Waals surface area contributed by atoms with Gasteiger partial charge in [0.25, 0.3) is 0 Å². The van der Waals surface area contributed by atoms with Gasteiger partial charge in [0.1, 0.15) is 5.82 Å². The maximum atomic E-state index is 12.9. The van der Waals surface area contributed by atoms with Gasteiger partial charge in [-0.3, -0.25) is 4.79 Å². The number of benzene rings is 1. The van der Waals surface area contributed by atoms with Crippen LogP contribution in [0.1, 0.15) is 24.0 Å². The number of aryl methyl sites for hydroxylation is 1. The number of carbonyl (C=O) groups excluding carboxylic acids is 1. The van der Waals surface area contributed by atoms with Crippen LogP contribution in [0.15, 0.2) is 18.2 Å². The van der Waals surface area contributed by atoms with Crippen LogP contribution in [0.25, 0.3) is 0 Å². The van der Waals surface area contributed by atoms with Crippen molar-refractivity contribution in [2.75, 3.05) is 19.8 Å². The maximum absolute atomic E-state index is 12.9. The second-order valence-electron chi connectivity index (χ2n) is 5.12. The van der Waals surface area contributed by atoms with Gasteiger partial charge in [-0.15, -0.1) is 0 Å². The lowest BCUT2D eigenvalue weighted by Crippen LogP contribution is -2.27. The number of ether oxygens (including phenoxy) is 1. The molecule has 1 aliphatic heterocycles. The van der Waals surface area contributed by atoms with Crippen LogP contribution >= 0.6 is 0 Å². The molecule has 1 aliphatic rings. The number of amides is 1. The van der Waals surface area contributed by atoms with Crippen molar-refractivity contribution in [2.45, 2.75) is 26.2 Å². The molecule has 1 amide bonds. The number of hydrogen-bond donors (Lipinski definition) is 1. The first-order chi connectivity index (χ1) is 9.15. The second-order valence-corrected chi connectivity index (χ2v) is 5.12. The molecule has 0 bridgehead atoms. The van der Waals surface area contributed by atoms with E-state index in [4.69, 9.17) is 4.74 Å². The van der Waals surface area contributed by atoms with E-state index in [0.29, 0.717) is 18.9 Å². The minimum atomic E-state index is -0.261. The molecule has 2 rings (SSSR count). The molecule has 1 unspecified atom stereocenters. The zero-order valence-corrected chi connectivity index (χ0v) is 11.2. The van der Waals surface area contributed by atoms with Gasteiger partial charge in [-0.2, -0.15) is 0 Å². The van der Waals surface area contributed by atoms with Gasteiger partial charge in [-0.1, -0.05) is 6.07 Å². The van der Waals surface area contributed by atoms with Crippen LogP contribution in [0.4, 0.5) is 4.39 Å². The van der Waals surface area contributed by atoms with Gasteiger partial charge >= 0.3 is 0 Å². The molecule has 1 atom stereocenters. The van der Waals surface area contributed by atoms with Crippen molar-refractivity contribution in [2.24, 2.45) is 5.92 Å². The average molecular weight is 265 g/mol. The summed E-state index contributed by atoms with van der Waals surface area (Å²) in [6.45, 7) is 4.16. The highest BCUT2D eigenvalue weighted by atomic mass is 19.1. The van der Waals surface area contributed by atoms with E-state index < -0.39 is 0 Å². The van der Waals surface area contributed by atoms with E-state index in [0.717, 1.165) is 37.2 Å². The third-order valence-electron chi connectivity index (χ3n) is 3.55. The summed E-state index contributed by atoms with van der Waals surface area (Å²) in [6.07, 6.45) is 2.37. The third-order valence-corrected chi connectivity index (χ3v) is 3.55. The maximum Gasteiger partial charge on any atom is 0.224 e. The minimum Gasteiger partial charge on any atom is -0.381 e. The Labute approximate surface area is 113 Å². The largest absolute Gasteiger partial charge is 0.381 e. The predicted molar refractivity (Wildman–Crippen MR) is 71.4 cm³/mol. The Kier molecular flexibility index (Phi) is 4.91. The van der Waals surface area contributed by atoms with Gasteiger partial charge < -0.3 is 10.1 Å². The van der Waals surface area contributed by atoms with Crippen molar-refractivity contribution < 1.29 is 13.9 Å².